The number of nitrogens with zero attached hydrogens (tertiary/aromatic N) is 1. The van der Waals surface area contributed by atoms with E-state index in [1.54, 1.807) is 48.5 Å². The van der Waals surface area contributed by atoms with Crippen molar-refractivity contribution in [2.75, 3.05) is 16.0 Å². The van der Waals surface area contributed by atoms with Gasteiger partial charge in [-0.1, -0.05) is 18.2 Å². The van der Waals surface area contributed by atoms with Gasteiger partial charge < -0.3 is 16.0 Å². The third-order valence-corrected chi connectivity index (χ3v) is 3.60. The first-order chi connectivity index (χ1) is 13.0. The summed E-state index contributed by atoms with van der Waals surface area (Å²) in [7, 11) is 0. The molecule has 0 aliphatic carbocycles. The number of para-hydroxylation sites is 1. The van der Waals surface area contributed by atoms with Gasteiger partial charge in [0.15, 0.2) is 0 Å². The molecule has 27 heavy (non-hydrogen) atoms. The number of amides is 2. The third kappa shape index (κ3) is 4.88. The molecule has 3 rings (SSSR count). The fourth-order valence-electron chi connectivity index (χ4n) is 2.42. The molecular formula is C20H17FN4O2. The Morgan fingerprint density at radius 2 is 1.67 bits per heavy atom. The van der Waals surface area contributed by atoms with Crippen LogP contribution in [0.4, 0.5) is 27.3 Å². The Kier molecular flexibility index (Phi) is 5.41. The Morgan fingerprint density at radius 1 is 0.926 bits per heavy atom. The molecule has 7 heteroatoms. The van der Waals surface area contributed by atoms with Crippen molar-refractivity contribution in [3.63, 3.8) is 0 Å². The summed E-state index contributed by atoms with van der Waals surface area (Å²) < 4.78 is 13.8. The average molecular weight is 364 g/mol. The predicted octanol–water partition coefficient (Wildman–Crippen LogP) is 4.18. The van der Waals surface area contributed by atoms with E-state index < -0.39 is 5.82 Å². The van der Waals surface area contributed by atoms with Crippen LogP contribution in [0.15, 0.2) is 66.9 Å². The van der Waals surface area contributed by atoms with Crippen LogP contribution < -0.4 is 16.0 Å². The molecule has 0 saturated carbocycles. The Bertz CT molecular complexity index is 991. The topological polar surface area (TPSA) is 83.1 Å². The standard InChI is InChI=1S/C20H17FN4O2/c1-13(26)23-15-5-4-6-16(12-15)24-20(27)14-9-10-22-19(11-14)25-18-8-3-2-7-17(18)21/h2-12H,1H3,(H,22,25)(H,23,26)(H,24,27). The molecule has 3 aromatic rings. The van der Waals surface area contributed by atoms with Crippen molar-refractivity contribution < 1.29 is 14.0 Å². The van der Waals surface area contributed by atoms with Gasteiger partial charge >= 0.3 is 0 Å². The number of nitrogens with one attached hydrogen (secondary N) is 3. The first-order valence-corrected chi connectivity index (χ1v) is 8.18. The Balaban J connectivity index is 1.74. The lowest BCUT2D eigenvalue weighted by atomic mass is 10.2. The smallest absolute Gasteiger partial charge is 0.255 e. The molecule has 0 bridgehead atoms. The summed E-state index contributed by atoms with van der Waals surface area (Å²) in [6.07, 6.45) is 1.46. The van der Waals surface area contributed by atoms with Crippen molar-refractivity contribution in [3.8, 4) is 0 Å². The molecule has 0 radical (unpaired) electrons. The van der Waals surface area contributed by atoms with E-state index in [-0.39, 0.29) is 17.5 Å². The molecule has 0 aliphatic rings. The maximum absolute atomic E-state index is 13.8. The van der Waals surface area contributed by atoms with E-state index >= 15 is 0 Å². The minimum absolute atomic E-state index is 0.198. The van der Waals surface area contributed by atoms with Gasteiger partial charge in [-0.05, 0) is 42.5 Å². The lowest BCUT2D eigenvalue weighted by molar-refractivity contribution is -0.114. The van der Waals surface area contributed by atoms with Crippen molar-refractivity contribution in [1.82, 2.24) is 4.98 Å². The molecule has 0 atom stereocenters. The van der Waals surface area contributed by atoms with Crippen LogP contribution in [0.25, 0.3) is 0 Å². The number of benzene rings is 2. The third-order valence-electron chi connectivity index (χ3n) is 3.60. The molecular weight excluding hydrogens is 347 g/mol. The van der Waals surface area contributed by atoms with E-state index in [2.05, 4.69) is 20.9 Å². The number of halogens is 1. The fraction of sp³-hybridized carbons (Fsp3) is 0.0500. The second kappa shape index (κ2) is 8.09. The second-order valence-electron chi connectivity index (χ2n) is 5.75. The normalized spacial score (nSPS) is 10.1. The minimum atomic E-state index is -0.413. The van der Waals surface area contributed by atoms with Gasteiger partial charge in [0.25, 0.3) is 5.91 Å². The van der Waals surface area contributed by atoms with Crippen LogP contribution in [-0.2, 0) is 4.79 Å². The predicted molar refractivity (Wildman–Crippen MR) is 103 cm³/mol. The van der Waals surface area contributed by atoms with E-state index in [4.69, 9.17) is 0 Å². The van der Waals surface area contributed by atoms with Gasteiger partial charge in [0, 0.05) is 30.1 Å². The number of carbonyl (C=O) groups is 2. The van der Waals surface area contributed by atoms with Crippen LogP contribution >= 0.6 is 0 Å². The van der Waals surface area contributed by atoms with Gasteiger partial charge in [0.1, 0.15) is 11.6 Å². The molecule has 0 unspecified atom stereocenters. The number of anilines is 4. The van der Waals surface area contributed by atoms with Gasteiger partial charge in [-0.2, -0.15) is 0 Å². The largest absolute Gasteiger partial charge is 0.338 e. The van der Waals surface area contributed by atoms with Crippen LogP contribution in [0, 0.1) is 5.82 Å². The minimum Gasteiger partial charge on any atom is -0.338 e. The maximum atomic E-state index is 13.8. The average Bonchev–Trinajstić information content (AvgIpc) is 2.64. The van der Waals surface area contributed by atoms with Crippen LogP contribution in [0.1, 0.15) is 17.3 Å². The fourth-order valence-corrected chi connectivity index (χ4v) is 2.42. The Morgan fingerprint density at radius 3 is 2.41 bits per heavy atom. The van der Waals surface area contributed by atoms with E-state index in [1.807, 2.05) is 0 Å². The summed E-state index contributed by atoms with van der Waals surface area (Å²) in [6.45, 7) is 1.41. The highest BCUT2D eigenvalue weighted by atomic mass is 19.1. The number of aromatic nitrogens is 1. The summed E-state index contributed by atoms with van der Waals surface area (Å²) >= 11 is 0. The summed E-state index contributed by atoms with van der Waals surface area (Å²) in [5.41, 5.74) is 1.74. The maximum Gasteiger partial charge on any atom is 0.255 e. The van der Waals surface area contributed by atoms with Gasteiger partial charge in [0.05, 0.1) is 5.69 Å². The number of pyridine rings is 1. The molecule has 3 N–H and O–H groups in total. The van der Waals surface area contributed by atoms with Crippen LogP contribution in [0.5, 0.6) is 0 Å². The van der Waals surface area contributed by atoms with E-state index in [0.29, 0.717) is 22.8 Å². The van der Waals surface area contributed by atoms with Crippen molar-refractivity contribution in [2.45, 2.75) is 6.92 Å². The zero-order valence-electron chi connectivity index (χ0n) is 14.5. The van der Waals surface area contributed by atoms with Crippen LogP contribution in [0.3, 0.4) is 0 Å². The highest BCUT2D eigenvalue weighted by Gasteiger charge is 2.09. The van der Waals surface area contributed by atoms with Crippen molar-refractivity contribution >= 4 is 34.7 Å². The molecule has 1 heterocycles. The molecule has 136 valence electrons. The summed E-state index contributed by atoms with van der Waals surface area (Å²) in [4.78, 5) is 27.7. The number of carbonyl (C=O) groups excluding carboxylic acids is 2. The molecule has 0 aliphatic heterocycles. The highest BCUT2D eigenvalue weighted by Crippen LogP contribution is 2.20. The van der Waals surface area contributed by atoms with E-state index in [1.165, 1.54) is 25.3 Å². The number of rotatable bonds is 5. The SMILES string of the molecule is CC(=O)Nc1cccc(NC(=O)c2ccnc(Nc3ccccc3F)c2)c1. The molecule has 0 saturated heterocycles. The van der Waals surface area contributed by atoms with Gasteiger partial charge in [0.2, 0.25) is 5.91 Å². The Labute approximate surface area is 155 Å². The zero-order chi connectivity index (χ0) is 19.2. The summed E-state index contributed by atoms with van der Waals surface area (Å²) in [5.74, 6) is -0.617. The van der Waals surface area contributed by atoms with Gasteiger partial charge in [-0.15, -0.1) is 0 Å². The lowest BCUT2D eigenvalue weighted by Crippen LogP contribution is -2.13. The first-order valence-electron chi connectivity index (χ1n) is 8.18. The summed E-state index contributed by atoms with van der Waals surface area (Å²) in [6, 6.07) is 16.1. The van der Waals surface area contributed by atoms with Crippen molar-refractivity contribution in [1.29, 1.82) is 0 Å². The Hall–Kier alpha value is -3.74. The lowest BCUT2D eigenvalue weighted by Gasteiger charge is -2.10. The summed E-state index contributed by atoms with van der Waals surface area (Å²) in [5, 5.41) is 8.26. The quantitative estimate of drug-likeness (QED) is 0.634. The second-order valence-corrected chi connectivity index (χ2v) is 5.75. The van der Waals surface area contributed by atoms with Gasteiger partial charge in [-0.25, -0.2) is 9.37 Å². The number of hydrogen-bond acceptors (Lipinski definition) is 4. The molecule has 2 amide bonds. The molecule has 1 aromatic heterocycles. The molecule has 0 fully saturated rings. The zero-order valence-corrected chi connectivity index (χ0v) is 14.5. The van der Waals surface area contributed by atoms with Crippen molar-refractivity contribution in [3.05, 3.63) is 78.2 Å². The van der Waals surface area contributed by atoms with E-state index in [9.17, 15) is 14.0 Å². The number of hydrogen-bond donors (Lipinski definition) is 3. The van der Waals surface area contributed by atoms with Crippen molar-refractivity contribution in [2.24, 2.45) is 0 Å². The van der Waals surface area contributed by atoms with E-state index in [0.717, 1.165) is 0 Å². The highest BCUT2D eigenvalue weighted by molar-refractivity contribution is 6.05. The van der Waals surface area contributed by atoms with Crippen LogP contribution in [-0.4, -0.2) is 16.8 Å². The van der Waals surface area contributed by atoms with Crippen LogP contribution in [0.2, 0.25) is 0 Å². The first kappa shape index (κ1) is 18.1. The molecule has 0 spiro atoms. The molecule has 6 nitrogen and oxygen atoms in total. The van der Waals surface area contributed by atoms with Gasteiger partial charge in [-0.3, -0.25) is 9.59 Å². The monoisotopic (exact) mass is 364 g/mol. The molecule has 2 aromatic carbocycles.